The van der Waals surface area contributed by atoms with Crippen molar-refractivity contribution in [3.63, 3.8) is 0 Å². The smallest absolute Gasteiger partial charge is 0.251 e. The van der Waals surface area contributed by atoms with Crippen molar-refractivity contribution in [3.8, 4) is 0 Å². The minimum atomic E-state index is -3.72. The summed E-state index contributed by atoms with van der Waals surface area (Å²) >= 11 is 0. The molecule has 0 aromatic heterocycles. The molecule has 0 heterocycles. The molecule has 0 bridgehead atoms. The van der Waals surface area contributed by atoms with Crippen molar-refractivity contribution in [1.29, 1.82) is 0 Å². The van der Waals surface area contributed by atoms with E-state index in [1.54, 1.807) is 30.3 Å². The van der Waals surface area contributed by atoms with Gasteiger partial charge in [-0.15, -0.1) is 0 Å². The zero-order chi connectivity index (χ0) is 21.6. The average Bonchev–Trinajstić information content (AvgIpc) is 2.65. The molecule has 0 saturated heterocycles. The van der Waals surface area contributed by atoms with Crippen LogP contribution in [0.25, 0.3) is 0 Å². The van der Waals surface area contributed by atoms with Crippen molar-refractivity contribution >= 4 is 21.8 Å². The monoisotopic (exact) mass is 417 g/mol. The summed E-state index contributed by atoms with van der Waals surface area (Å²) in [5.41, 5.74) is 2.35. The Kier molecular flexibility index (Phi) is 7.53. The lowest BCUT2D eigenvalue weighted by Crippen LogP contribution is -2.50. The highest BCUT2D eigenvalue weighted by Crippen LogP contribution is 2.10. The largest absolute Gasteiger partial charge is 0.354 e. The Morgan fingerprint density at radius 1 is 1.07 bits per heavy atom. The van der Waals surface area contributed by atoms with E-state index in [2.05, 4.69) is 10.6 Å². The maximum absolute atomic E-state index is 12.6. The third kappa shape index (κ3) is 6.69. The fourth-order valence-electron chi connectivity index (χ4n) is 2.83. The summed E-state index contributed by atoms with van der Waals surface area (Å²) in [6.07, 6.45) is 0.521. The van der Waals surface area contributed by atoms with Crippen LogP contribution >= 0.6 is 0 Å². The van der Waals surface area contributed by atoms with Gasteiger partial charge in [-0.25, -0.2) is 13.6 Å². The highest BCUT2D eigenvalue weighted by molar-refractivity contribution is 7.89. The zero-order valence-corrected chi connectivity index (χ0v) is 17.6. The van der Waals surface area contributed by atoms with Gasteiger partial charge >= 0.3 is 0 Å². The molecule has 0 aliphatic heterocycles. The van der Waals surface area contributed by atoms with Gasteiger partial charge in [0.2, 0.25) is 15.9 Å². The van der Waals surface area contributed by atoms with Gasteiger partial charge < -0.3 is 10.6 Å². The number of carbonyl (C=O) groups excluding carboxylic acids is 2. The van der Waals surface area contributed by atoms with Gasteiger partial charge in [0, 0.05) is 12.1 Å². The maximum Gasteiger partial charge on any atom is 0.251 e. The highest BCUT2D eigenvalue weighted by atomic mass is 32.2. The summed E-state index contributed by atoms with van der Waals surface area (Å²) < 4.78 is 22.6. The number of carbonyl (C=O) groups is 2. The Morgan fingerprint density at radius 3 is 2.28 bits per heavy atom. The number of aryl methyl sites for hydroxylation is 1. The number of rotatable bonds is 8. The van der Waals surface area contributed by atoms with Crippen LogP contribution in [-0.2, 0) is 21.2 Å². The van der Waals surface area contributed by atoms with Gasteiger partial charge in [0.05, 0.1) is 4.90 Å². The molecule has 0 unspecified atom stereocenters. The molecule has 0 aliphatic carbocycles. The van der Waals surface area contributed by atoms with Crippen molar-refractivity contribution in [3.05, 3.63) is 65.2 Å². The molecule has 1 atom stereocenters. The summed E-state index contributed by atoms with van der Waals surface area (Å²) in [5, 5.41) is 10.7. The first-order valence-electron chi connectivity index (χ1n) is 9.35. The van der Waals surface area contributed by atoms with Gasteiger partial charge in [-0.05, 0) is 49.1 Å². The number of primary sulfonamides is 1. The number of hydrogen-bond donors (Lipinski definition) is 3. The first kappa shape index (κ1) is 22.6. The predicted octanol–water partition coefficient (Wildman–Crippen LogP) is 1.76. The normalized spacial score (nSPS) is 12.4. The van der Waals surface area contributed by atoms with E-state index in [9.17, 15) is 18.0 Å². The quantitative estimate of drug-likeness (QED) is 0.606. The van der Waals surface area contributed by atoms with Gasteiger partial charge in [0.15, 0.2) is 0 Å². The molecular weight excluding hydrogens is 390 g/mol. The van der Waals surface area contributed by atoms with Crippen LogP contribution in [0.1, 0.15) is 35.3 Å². The second-order valence-corrected chi connectivity index (χ2v) is 8.86. The number of benzene rings is 2. The molecule has 2 amide bonds. The van der Waals surface area contributed by atoms with E-state index in [-0.39, 0.29) is 22.6 Å². The summed E-state index contributed by atoms with van der Waals surface area (Å²) in [4.78, 5) is 25.1. The minimum Gasteiger partial charge on any atom is -0.354 e. The van der Waals surface area contributed by atoms with Crippen LogP contribution in [0.3, 0.4) is 0 Å². The third-order valence-corrected chi connectivity index (χ3v) is 5.41. The maximum atomic E-state index is 12.6. The Morgan fingerprint density at radius 2 is 1.72 bits per heavy atom. The van der Waals surface area contributed by atoms with E-state index in [1.165, 1.54) is 12.1 Å². The zero-order valence-electron chi connectivity index (χ0n) is 16.8. The topological polar surface area (TPSA) is 118 Å². The fourth-order valence-corrected chi connectivity index (χ4v) is 3.35. The van der Waals surface area contributed by atoms with Crippen molar-refractivity contribution in [1.82, 2.24) is 10.6 Å². The number of sulfonamides is 1. The molecule has 156 valence electrons. The Bertz CT molecular complexity index is 970. The molecule has 0 fully saturated rings. The SMILES string of the molecule is Cc1cccc(C(=O)N[C@@H](C(=O)NCCc2ccc(S(N)(=O)=O)cc2)C(C)C)c1. The first-order chi connectivity index (χ1) is 13.6. The lowest BCUT2D eigenvalue weighted by atomic mass is 10.0. The highest BCUT2D eigenvalue weighted by Gasteiger charge is 2.24. The number of nitrogens with two attached hydrogens (primary N) is 1. The van der Waals surface area contributed by atoms with Crippen molar-refractivity contribution in [2.45, 2.75) is 38.1 Å². The first-order valence-corrected chi connectivity index (χ1v) is 10.9. The molecule has 2 aromatic carbocycles. The molecule has 2 rings (SSSR count). The van der Waals surface area contributed by atoms with Gasteiger partial charge in [0.1, 0.15) is 6.04 Å². The number of nitrogens with one attached hydrogen (secondary N) is 2. The lowest BCUT2D eigenvalue weighted by molar-refractivity contribution is -0.123. The van der Waals surface area contributed by atoms with Gasteiger partial charge in [0.25, 0.3) is 5.91 Å². The molecule has 2 aromatic rings. The van der Waals surface area contributed by atoms with Crippen molar-refractivity contribution < 1.29 is 18.0 Å². The number of hydrogen-bond acceptors (Lipinski definition) is 4. The molecule has 0 aliphatic rings. The Hall–Kier alpha value is -2.71. The van der Waals surface area contributed by atoms with E-state index in [0.717, 1.165) is 11.1 Å². The average molecular weight is 418 g/mol. The van der Waals surface area contributed by atoms with Crippen molar-refractivity contribution in [2.75, 3.05) is 6.54 Å². The van der Waals surface area contributed by atoms with E-state index in [1.807, 2.05) is 26.8 Å². The van der Waals surface area contributed by atoms with Crippen LogP contribution in [0, 0.1) is 12.8 Å². The van der Waals surface area contributed by atoms with Crippen LogP contribution in [0.2, 0.25) is 0 Å². The second-order valence-electron chi connectivity index (χ2n) is 7.29. The Labute approximate surface area is 171 Å². The van der Waals surface area contributed by atoms with Gasteiger partial charge in [-0.3, -0.25) is 9.59 Å². The van der Waals surface area contributed by atoms with Crippen LogP contribution in [0.15, 0.2) is 53.4 Å². The molecule has 0 spiro atoms. The number of amides is 2. The molecule has 0 radical (unpaired) electrons. The molecular formula is C21H27N3O4S. The fraction of sp³-hybridized carbons (Fsp3) is 0.333. The van der Waals surface area contributed by atoms with Gasteiger partial charge in [-0.1, -0.05) is 43.7 Å². The van der Waals surface area contributed by atoms with Crippen LogP contribution < -0.4 is 15.8 Å². The summed E-state index contributed by atoms with van der Waals surface area (Å²) in [6, 6.07) is 12.7. The predicted molar refractivity (Wildman–Crippen MR) is 112 cm³/mol. The molecule has 4 N–H and O–H groups in total. The van der Waals surface area contributed by atoms with Crippen LogP contribution in [-0.4, -0.2) is 32.8 Å². The standard InChI is InChI=1S/C21H27N3O4S/c1-14(2)19(24-20(25)17-6-4-5-15(3)13-17)21(26)23-12-11-16-7-9-18(10-8-16)29(22,27)28/h4-10,13-14,19H,11-12H2,1-3H3,(H,23,26)(H,24,25)(H2,22,27,28)/t19-/m1/s1. The summed E-state index contributed by atoms with van der Waals surface area (Å²) in [7, 11) is -3.72. The van der Waals surface area contributed by atoms with E-state index >= 15 is 0 Å². The molecule has 7 nitrogen and oxygen atoms in total. The second kappa shape index (κ2) is 9.67. The minimum absolute atomic E-state index is 0.0454. The molecule has 0 saturated carbocycles. The van der Waals surface area contributed by atoms with Gasteiger partial charge in [-0.2, -0.15) is 0 Å². The summed E-state index contributed by atoms with van der Waals surface area (Å²) in [6.45, 7) is 6.00. The van der Waals surface area contributed by atoms with E-state index in [4.69, 9.17) is 5.14 Å². The summed E-state index contributed by atoms with van der Waals surface area (Å²) in [5.74, 6) is -0.638. The van der Waals surface area contributed by atoms with Crippen LogP contribution in [0.4, 0.5) is 0 Å². The van der Waals surface area contributed by atoms with E-state index in [0.29, 0.717) is 18.5 Å². The Balaban J connectivity index is 1.93. The molecule has 8 heteroatoms. The third-order valence-electron chi connectivity index (χ3n) is 4.48. The lowest BCUT2D eigenvalue weighted by Gasteiger charge is -2.22. The van der Waals surface area contributed by atoms with Crippen molar-refractivity contribution in [2.24, 2.45) is 11.1 Å². The molecule has 29 heavy (non-hydrogen) atoms. The van der Waals surface area contributed by atoms with E-state index < -0.39 is 16.1 Å². The van der Waals surface area contributed by atoms with Crippen LogP contribution in [0.5, 0.6) is 0 Å².